The molecule has 0 bridgehead atoms. The van der Waals surface area contributed by atoms with Gasteiger partial charge in [-0.15, -0.1) is 0 Å². The van der Waals surface area contributed by atoms with Crippen LogP contribution in [0, 0.1) is 11.8 Å². The summed E-state index contributed by atoms with van der Waals surface area (Å²) >= 11 is -5.40. The summed E-state index contributed by atoms with van der Waals surface area (Å²) in [7, 11) is 14.7. The quantitative estimate of drug-likeness (QED) is 0.143. The molecular weight excluding hydrogens is 844 g/mol. The van der Waals surface area contributed by atoms with Gasteiger partial charge in [-0.25, -0.2) is 0 Å². The van der Waals surface area contributed by atoms with Gasteiger partial charge in [0.2, 0.25) is 0 Å². The Hall–Kier alpha value is -1.72. The van der Waals surface area contributed by atoms with E-state index in [1.54, 1.807) is 0 Å². The van der Waals surface area contributed by atoms with Crippen molar-refractivity contribution >= 4 is 50.6 Å². The van der Waals surface area contributed by atoms with E-state index in [9.17, 15) is 17.0 Å². The first-order chi connectivity index (χ1) is 26.2. The predicted octanol–water partition coefficient (Wildman–Crippen LogP) is 15.7. The second-order valence-corrected chi connectivity index (χ2v) is 54.1. The van der Waals surface area contributed by atoms with E-state index in [0.717, 1.165) is 4.95 Å². The summed E-state index contributed by atoms with van der Waals surface area (Å²) < 4.78 is 2.87. The van der Waals surface area contributed by atoms with Gasteiger partial charge in [-0.2, -0.15) is 0 Å². The Morgan fingerprint density at radius 1 is 0.526 bits per heavy atom. The monoisotopic (exact) mass is 910 g/mol. The summed E-state index contributed by atoms with van der Waals surface area (Å²) in [5.41, 5.74) is 16.1. The molecule has 4 aromatic carbocycles. The van der Waals surface area contributed by atoms with Crippen LogP contribution in [0.3, 0.4) is 0 Å². The average Bonchev–Trinajstić information content (AvgIpc) is 3.71. The third kappa shape index (κ3) is 8.23. The molecule has 0 spiro atoms. The molecule has 0 aromatic heterocycles. The van der Waals surface area contributed by atoms with Crippen LogP contribution in [0.2, 0.25) is 39.3 Å². The average molecular weight is 913 g/mol. The molecule has 6 rings (SSSR count). The summed E-state index contributed by atoms with van der Waals surface area (Å²) in [6.45, 7) is 38.5. The van der Waals surface area contributed by atoms with Gasteiger partial charge in [0.25, 0.3) is 0 Å². The molecule has 0 fully saturated rings. The normalized spacial score (nSPS) is 18.4. The zero-order valence-electron chi connectivity index (χ0n) is 38.0. The molecule has 2 unspecified atom stereocenters. The minimum absolute atomic E-state index is 0.00587. The molecule has 7 heteroatoms. The van der Waals surface area contributed by atoms with Crippen molar-refractivity contribution in [1.29, 1.82) is 0 Å². The molecule has 2 aliphatic rings. The number of allylic oxidation sites excluding steroid dienone is 2. The first-order valence-electron chi connectivity index (χ1n) is 21.4. The predicted molar refractivity (Wildman–Crippen MR) is 260 cm³/mol. The summed E-state index contributed by atoms with van der Waals surface area (Å²) in [6, 6.07) is 32.1. The molecule has 1 nitrogen and oxygen atoms in total. The van der Waals surface area contributed by atoms with E-state index in [1.807, 2.05) is 0 Å². The zero-order valence-corrected chi connectivity index (χ0v) is 43.9. The van der Waals surface area contributed by atoms with E-state index in [0.29, 0.717) is 0 Å². The van der Waals surface area contributed by atoms with Gasteiger partial charge in [0.05, 0.1) is 0 Å². The Bertz CT molecular complexity index is 2090. The van der Waals surface area contributed by atoms with Crippen LogP contribution in [0.4, 0.5) is 0 Å². The van der Waals surface area contributed by atoms with Gasteiger partial charge >= 0.3 is 361 Å². The van der Waals surface area contributed by atoms with Crippen LogP contribution in [-0.2, 0) is 27.0 Å². The molecule has 0 aliphatic heterocycles. The summed E-state index contributed by atoms with van der Waals surface area (Å²) in [5.74, 6) is 0.561. The number of benzene rings is 4. The Kier molecular flexibility index (Phi) is 12.1. The van der Waals surface area contributed by atoms with E-state index in [-0.39, 0.29) is 29.9 Å². The fraction of sp³-hybridized carbons (Fsp3) is 0.440. The molecule has 0 N–H and O–H groups in total. The van der Waals surface area contributed by atoms with E-state index >= 15 is 0 Å². The van der Waals surface area contributed by atoms with Crippen LogP contribution >= 0.6 is 17.0 Å². The second-order valence-electron chi connectivity index (χ2n) is 22.0. The van der Waals surface area contributed by atoms with Crippen molar-refractivity contribution in [3.05, 3.63) is 129 Å². The Morgan fingerprint density at radius 3 is 1.18 bits per heavy atom. The Morgan fingerprint density at radius 2 is 0.860 bits per heavy atom. The van der Waals surface area contributed by atoms with Crippen LogP contribution in [0.25, 0.3) is 34.4 Å². The zero-order chi connectivity index (χ0) is 42.3. The van der Waals surface area contributed by atoms with Gasteiger partial charge in [-0.3, -0.25) is 0 Å². The molecular formula is C50H69BCl2NSi2Zr. The van der Waals surface area contributed by atoms with E-state index in [4.69, 9.17) is 0 Å². The van der Waals surface area contributed by atoms with Gasteiger partial charge < -0.3 is 0 Å². The second kappa shape index (κ2) is 15.3. The van der Waals surface area contributed by atoms with Crippen LogP contribution in [0.1, 0.15) is 110 Å². The standard InChI is InChI=1S/2C22H25.C6H19BNSi2.2ClH.Zr/c2*1-15(2)17-13-16-9-8-11-18(20(16)14-17)19-10-6-7-12-21(19)22(3,4)5;1-9(2,3)8(7)10(4,5)6;;;/h2*6-15H,1-5H3;7H,1-6H3;2*1H;/q;;+1;;;+1/p-2. The summed E-state index contributed by atoms with van der Waals surface area (Å²) in [6.07, 6.45) is 5.07. The first kappa shape index (κ1) is 44.8. The first-order valence-corrected chi connectivity index (χ1v) is 39.2. The van der Waals surface area contributed by atoms with Crippen molar-refractivity contribution in [1.82, 2.24) is 4.14 Å². The van der Waals surface area contributed by atoms with E-state index < -0.39 is 32.6 Å². The molecule has 0 saturated carbocycles. The molecule has 2 atom stereocenters. The number of rotatable bonds is 10. The van der Waals surface area contributed by atoms with Crippen molar-refractivity contribution in [2.75, 3.05) is 0 Å². The molecule has 2 aliphatic carbocycles. The van der Waals surface area contributed by atoms with Crippen molar-refractivity contribution in [3.63, 3.8) is 0 Å². The van der Waals surface area contributed by atoms with Crippen molar-refractivity contribution in [3.8, 4) is 22.3 Å². The van der Waals surface area contributed by atoms with E-state index in [1.165, 1.54) is 66.8 Å². The number of nitrogens with zero attached hydrogens (tertiary/aromatic N) is 1. The maximum absolute atomic E-state index is 9.25. The molecule has 0 amide bonds. The molecule has 0 radical (unpaired) electrons. The van der Waals surface area contributed by atoms with Crippen molar-refractivity contribution < 1.29 is 16.2 Å². The van der Waals surface area contributed by atoms with Crippen LogP contribution in [0.15, 0.2) is 96.1 Å². The fourth-order valence-corrected chi connectivity index (χ4v) is 53.0. The van der Waals surface area contributed by atoms with Crippen LogP contribution < -0.4 is 0 Å². The fourth-order valence-electron chi connectivity index (χ4n) is 10.5. The van der Waals surface area contributed by atoms with Gasteiger partial charge in [0.1, 0.15) is 0 Å². The SMILES string of the molecule is CC(C)C1=Cc2c(-c3ccccc3C(C)(C)C)cccc2[CH]1[Zr]([Cl])([Cl])([BH]N([Si](C)(C)C)[Si](C)(C)C)[CH]1C(C(C)C)=Cc2c(-c3ccccc3C(C)(C)C)cccc21. The van der Waals surface area contributed by atoms with Gasteiger partial charge in [0, 0.05) is 0 Å². The maximum atomic E-state index is 9.25. The minimum atomic E-state index is -5.40. The Balaban J connectivity index is 1.72. The third-order valence-corrected chi connectivity index (χ3v) is 39.8. The van der Waals surface area contributed by atoms with Gasteiger partial charge in [-0.05, 0) is 0 Å². The van der Waals surface area contributed by atoms with E-state index in [2.05, 4.69) is 210 Å². The molecule has 303 valence electrons. The summed E-state index contributed by atoms with van der Waals surface area (Å²) in [4.78, 5) is 0.795. The van der Waals surface area contributed by atoms with Crippen molar-refractivity contribution in [2.24, 2.45) is 11.8 Å². The number of hydrogen-bond donors (Lipinski definition) is 0. The molecule has 57 heavy (non-hydrogen) atoms. The van der Waals surface area contributed by atoms with Crippen LogP contribution in [-0.4, -0.2) is 25.6 Å². The Labute approximate surface area is 358 Å². The van der Waals surface area contributed by atoms with Gasteiger partial charge in [0.15, 0.2) is 0 Å². The van der Waals surface area contributed by atoms with Gasteiger partial charge in [-0.1, -0.05) is 0 Å². The number of hydrogen-bond acceptors (Lipinski definition) is 1. The summed E-state index contributed by atoms with van der Waals surface area (Å²) in [5, 5.41) is 0. The molecule has 4 aromatic rings. The topological polar surface area (TPSA) is 3.24 Å². The number of halogens is 2. The molecule has 0 saturated heterocycles. The molecule has 0 heterocycles. The number of fused-ring (bicyclic) bond motifs is 2. The van der Waals surface area contributed by atoms with Crippen molar-refractivity contribution in [2.45, 2.75) is 127 Å². The third-order valence-electron chi connectivity index (χ3n) is 12.8. The van der Waals surface area contributed by atoms with Crippen LogP contribution in [0.5, 0.6) is 0 Å².